The van der Waals surface area contributed by atoms with Crippen LogP contribution >= 0.6 is 0 Å². The SMILES string of the molecule is CCOC(=O)C=C(C#N)C=CC(C#N)=C(O)C(=O)OCC. The van der Waals surface area contributed by atoms with Gasteiger partial charge in [0, 0.05) is 6.08 Å². The fourth-order valence-electron chi connectivity index (χ4n) is 1.08. The zero-order valence-corrected chi connectivity index (χ0v) is 11.6. The number of allylic oxidation sites excluding steroid dienone is 4. The molecule has 0 spiro atoms. The smallest absolute Gasteiger partial charge is 0.374 e. The van der Waals surface area contributed by atoms with Crippen LogP contribution in [0, 0.1) is 22.7 Å². The average molecular weight is 290 g/mol. The fourth-order valence-corrected chi connectivity index (χ4v) is 1.08. The Balaban J connectivity index is 5.25. The highest BCUT2D eigenvalue weighted by molar-refractivity contribution is 5.88. The van der Waals surface area contributed by atoms with Gasteiger partial charge in [0.15, 0.2) is 0 Å². The molecular weight excluding hydrogens is 276 g/mol. The Morgan fingerprint density at radius 3 is 2.19 bits per heavy atom. The molecule has 21 heavy (non-hydrogen) atoms. The fraction of sp³-hybridized carbons (Fsp3) is 0.286. The Morgan fingerprint density at radius 1 is 1.10 bits per heavy atom. The summed E-state index contributed by atoms with van der Waals surface area (Å²) in [4.78, 5) is 22.4. The van der Waals surface area contributed by atoms with E-state index in [-0.39, 0.29) is 18.8 Å². The molecule has 1 N–H and O–H groups in total. The number of nitrogens with zero attached hydrogens (tertiary/aromatic N) is 2. The van der Waals surface area contributed by atoms with E-state index in [2.05, 4.69) is 9.47 Å². The maximum Gasteiger partial charge on any atom is 0.374 e. The van der Waals surface area contributed by atoms with Gasteiger partial charge in [0.05, 0.1) is 24.9 Å². The summed E-state index contributed by atoms with van der Waals surface area (Å²) in [6.45, 7) is 3.35. The highest BCUT2D eigenvalue weighted by Gasteiger charge is 2.13. The van der Waals surface area contributed by atoms with Crippen molar-refractivity contribution in [3.8, 4) is 12.1 Å². The molecule has 0 rings (SSSR count). The largest absolute Gasteiger partial charge is 0.501 e. The molecular formula is C14H14N2O5. The maximum absolute atomic E-state index is 11.3. The van der Waals surface area contributed by atoms with E-state index in [1.54, 1.807) is 26.0 Å². The molecule has 0 radical (unpaired) electrons. The van der Waals surface area contributed by atoms with Gasteiger partial charge in [-0.15, -0.1) is 0 Å². The van der Waals surface area contributed by atoms with Gasteiger partial charge in [-0.05, 0) is 26.0 Å². The normalized spacial score (nSPS) is 12.1. The number of ether oxygens (including phenoxy) is 2. The van der Waals surface area contributed by atoms with E-state index >= 15 is 0 Å². The zero-order valence-electron chi connectivity index (χ0n) is 11.6. The number of hydrogen-bond donors (Lipinski definition) is 1. The van der Waals surface area contributed by atoms with Crippen LogP contribution in [-0.2, 0) is 19.1 Å². The van der Waals surface area contributed by atoms with E-state index in [4.69, 9.17) is 10.5 Å². The van der Waals surface area contributed by atoms with Crippen LogP contribution in [0.25, 0.3) is 0 Å². The topological polar surface area (TPSA) is 120 Å². The van der Waals surface area contributed by atoms with Gasteiger partial charge in [-0.2, -0.15) is 10.5 Å². The quantitative estimate of drug-likeness (QED) is 0.258. The standard InChI is InChI=1S/C14H14N2O5/c1-3-20-12(17)7-10(8-15)5-6-11(9-16)13(18)14(19)21-4-2/h5-7,18H,3-4H2,1-2H3. The van der Waals surface area contributed by atoms with Crippen LogP contribution in [0.3, 0.4) is 0 Å². The van der Waals surface area contributed by atoms with Gasteiger partial charge in [-0.1, -0.05) is 0 Å². The summed E-state index contributed by atoms with van der Waals surface area (Å²) < 4.78 is 9.15. The van der Waals surface area contributed by atoms with Crippen molar-refractivity contribution in [1.82, 2.24) is 0 Å². The summed E-state index contributed by atoms with van der Waals surface area (Å²) in [7, 11) is 0. The molecule has 0 atom stereocenters. The predicted molar refractivity (Wildman–Crippen MR) is 71.4 cm³/mol. The van der Waals surface area contributed by atoms with Crippen LogP contribution in [0.5, 0.6) is 0 Å². The Bertz CT molecular complexity index is 573. The Hall–Kier alpha value is -3.06. The minimum absolute atomic E-state index is 0.0392. The first-order valence-electron chi connectivity index (χ1n) is 5.97. The van der Waals surface area contributed by atoms with E-state index in [0.29, 0.717) is 0 Å². The monoisotopic (exact) mass is 290 g/mol. The van der Waals surface area contributed by atoms with Gasteiger partial charge >= 0.3 is 11.9 Å². The van der Waals surface area contributed by atoms with Crippen LogP contribution in [-0.4, -0.2) is 30.3 Å². The molecule has 0 heterocycles. The summed E-state index contributed by atoms with van der Waals surface area (Å²) in [5.41, 5.74) is -0.490. The van der Waals surface area contributed by atoms with Crippen molar-refractivity contribution in [2.24, 2.45) is 0 Å². The number of aliphatic hydroxyl groups excluding tert-OH is 1. The number of nitriles is 2. The van der Waals surface area contributed by atoms with E-state index in [1.807, 2.05) is 0 Å². The first-order chi connectivity index (χ1) is 9.99. The van der Waals surface area contributed by atoms with Crippen LogP contribution in [0.4, 0.5) is 0 Å². The molecule has 0 unspecified atom stereocenters. The summed E-state index contributed by atoms with van der Waals surface area (Å²) in [5.74, 6) is -2.63. The molecule has 0 bridgehead atoms. The Labute approximate surface area is 122 Å². The number of carbonyl (C=O) groups is 2. The summed E-state index contributed by atoms with van der Waals surface area (Å²) in [5, 5.41) is 27.2. The van der Waals surface area contributed by atoms with Gasteiger partial charge in [0.2, 0.25) is 5.76 Å². The third kappa shape index (κ3) is 6.60. The van der Waals surface area contributed by atoms with E-state index in [9.17, 15) is 14.7 Å². The second-order valence-electron chi connectivity index (χ2n) is 3.39. The minimum atomic E-state index is -1.05. The van der Waals surface area contributed by atoms with Crippen LogP contribution in [0.2, 0.25) is 0 Å². The van der Waals surface area contributed by atoms with Crippen LogP contribution in [0.1, 0.15) is 13.8 Å². The van der Waals surface area contributed by atoms with Crippen molar-refractivity contribution >= 4 is 11.9 Å². The molecule has 0 aromatic heterocycles. The Kier molecular flexibility index (Phi) is 8.39. The molecule has 0 amide bonds. The number of hydrogen-bond acceptors (Lipinski definition) is 7. The zero-order chi connectivity index (χ0) is 16.3. The molecule has 0 aliphatic heterocycles. The van der Waals surface area contributed by atoms with E-state index in [1.165, 1.54) is 0 Å². The van der Waals surface area contributed by atoms with Crippen LogP contribution in [0.15, 0.2) is 35.1 Å². The lowest BCUT2D eigenvalue weighted by Crippen LogP contribution is -2.08. The number of carbonyl (C=O) groups excluding carboxylic acids is 2. The van der Waals surface area contributed by atoms with Crippen molar-refractivity contribution < 1.29 is 24.2 Å². The lowest BCUT2D eigenvalue weighted by Gasteiger charge is -2.00. The Morgan fingerprint density at radius 2 is 1.71 bits per heavy atom. The van der Waals surface area contributed by atoms with Crippen molar-refractivity contribution in [3.63, 3.8) is 0 Å². The van der Waals surface area contributed by atoms with Crippen molar-refractivity contribution in [1.29, 1.82) is 10.5 Å². The molecule has 0 fully saturated rings. The summed E-state index contributed by atoms with van der Waals surface area (Å²) in [6, 6.07) is 3.30. The molecule has 110 valence electrons. The first-order valence-corrected chi connectivity index (χ1v) is 5.97. The van der Waals surface area contributed by atoms with Crippen molar-refractivity contribution in [3.05, 3.63) is 35.1 Å². The maximum atomic E-state index is 11.3. The molecule has 0 aliphatic carbocycles. The van der Waals surface area contributed by atoms with E-state index < -0.39 is 23.3 Å². The first kappa shape index (κ1) is 17.9. The highest BCUT2D eigenvalue weighted by atomic mass is 16.5. The molecule has 0 aromatic rings. The van der Waals surface area contributed by atoms with Gasteiger partial charge in [-0.3, -0.25) is 0 Å². The summed E-state index contributed by atoms with van der Waals surface area (Å²) in [6.07, 6.45) is 3.06. The van der Waals surface area contributed by atoms with Gasteiger partial charge in [0.25, 0.3) is 0 Å². The van der Waals surface area contributed by atoms with Gasteiger partial charge < -0.3 is 14.6 Å². The molecule has 0 aromatic carbocycles. The third-order valence-electron chi connectivity index (χ3n) is 1.96. The van der Waals surface area contributed by atoms with Gasteiger partial charge in [0.1, 0.15) is 11.6 Å². The second-order valence-corrected chi connectivity index (χ2v) is 3.39. The number of aliphatic hydroxyl groups is 1. The molecule has 7 heteroatoms. The van der Waals surface area contributed by atoms with Crippen molar-refractivity contribution in [2.45, 2.75) is 13.8 Å². The average Bonchev–Trinajstić information content (AvgIpc) is 2.46. The molecule has 0 aliphatic rings. The summed E-state index contributed by atoms with van der Waals surface area (Å²) >= 11 is 0. The minimum Gasteiger partial charge on any atom is -0.501 e. The second kappa shape index (κ2) is 9.82. The lowest BCUT2D eigenvalue weighted by molar-refractivity contribution is -0.141. The molecule has 0 saturated carbocycles. The van der Waals surface area contributed by atoms with Crippen molar-refractivity contribution in [2.75, 3.05) is 13.2 Å². The highest BCUT2D eigenvalue weighted by Crippen LogP contribution is 2.07. The van der Waals surface area contributed by atoms with E-state index in [0.717, 1.165) is 18.2 Å². The molecule has 0 saturated heterocycles. The predicted octanol–water partition coefficient (Wildman–Crippen LogP) is 1.45. The number of rotatable bonds is 6. The molecule has 7 nitrogen and oxygen atoms in total. The number of esters is 2. The van der Waals surface area contributed by atoms with Gasteiger partial charge in [-0.25, -0.2) is 9.59 Å². The third-order valence-corrected chi connectivity index (χ3v) is 1.96. The lowest BCUT2D eigenvalue weighted by atomic mass is 10.1. The van der Waals surface area contributed by atoms with Crippen LogP contribution < -0.4 is 0 Å².